The van der Waals surface area contributed by atoms with Gasteiger partial charge in [0.15, 0.2) is 0 Å². The van der Waals surface area contributed by atoms with E-state index in [1.54, 1.807) is 26.0 Å². The average Bonchev–Trinajstić information content (AvgIpc) is 2.74. The Kier molecular flexibility index (Phi) is 6.87. The highest BCUT2D eigenvalue weighted by Gasteiger charge is 2.21. The Morgan fingerprint density at radius 2 is 1.44 bits per heavy atom. The van der Waals surface area contributed by atoms with Crippen LogP contribution in [-0.2, 0) is 4.79 Å². The van der Waals surface area contributed by atoms with Gasteiger partial charge >= 0.3 is 0 Å². The highest BCUT2D eigenvalue weighted by atomic mass is 32.2. The summed E-state index contributed by atoms with van der Waals surface area (Å²) in [6.45, 7) is 3.28. The van der Waals surface area contributed by atoms with E-state index in [9.17, 15) is 4.79 Å². The number of anilines is 1. The number of hydrogen-bond donors (Lipinski definition) is 0. The van der Waals surface area contributed by atoms with Crippen molar-refractivity contribution in [2.24, 2.45) is 0 Å². The summed E-state index contributed by atoms with van der Waals surface area (Å²) in [5.74, 6) is 2.75. The molecule has 27 heavy (non-hydrogen) atoms. The molecule has 0 bridgehead atoms. The van der Waals surface area contributed by atoms with Gasteiger partial charge in [0.2, 0.25) is 5.91 Å². The van der Waals surface area contributed by atoms with Crippen molar-refractivity contribution in [1.29, 1.82) is 0 Å². The zero-order valence-corrected chi connectivity index (χ0v) is 16.7. The second-order valence-electron chi connectivity index (χ2n) is 6.34. The number of carbonyl (C=O) groups excluding carboxylic acids is 1. The molecule has 6 heteroatoms. The Balaban J connectivity index is 1.41. The maximum atomic E-state index is 12.5. The smallest absolute Gasteiger partial charge is 0.223 e. The maximum Gasteiger partial charge on any atom is 0.223 e. The van der Waals surface area contributed by atoms with E-state index in [0.717, 1.165) is 48.3 Å². The molecule has 0 aromatic heterocycles. The van der Waals surface area contributed by atoms with Crippen LogP contribution in [0.15, 0.2) is 53.4 Å². The molecule has 1 amide bonds. The van der Waals surface area contributed by atoms with Gasteiger partial charge in [-0.2, -0.15) is 0 Å². The minimum Gasteiger partial charge on any atom is -0.497 e. The predicted octanol–water partition coefficient (Wildman–Crippen LogP) is 3.53. The van der Waals surface area contributed by atoms with Crippen molar-refractivity contribution in [3.05, 3.63) is 48.5 Å². The molecule has 0 unspecified atom stereocenters. The van der Waals surface area contributed by atoms with E-state index in [1.807, 2.05) is 41.3 Å². The second kappa shape index (κ2) is 9.55. The van der Waals surface area contributed by atoms with Gasteiger partial charge < -0.3 is 19.3 Å². The minimum absolute atomic E-state index is 0.241. The number of thioether (sulfide) groups is 1. The molecule has 144 valence electrons. The fourth-order valence-corrected chi connectivity index (χ4v) is 3.93. The number of piperazine rings is 1. The highest BCUT2D eigenvalue weighted by Crippen LogP contribution is 2.23. The second-order valence-corrected chi connectivity index (χ2v) is 7.51. The number of carbonyl (C=O) groups is 1. The molecular weight excluding hydrogens is 360 g/mol. The predicted molar refractivity (Wildman–Crippen MR) is 110 cm³/mol. The molecule has 1 heterocycles. The SMILES string of the molecule is COc1ccc(SCCC(=O)N2CCN(c3ccc(OC)cc3)CC2)cc1. The van der Waals surface area contributed by atoms with E-state index in [-0.39, 0.29) is 5.91 Å². The quantitative estimate of drug-likeness (QED) is 0.681. The van der Waals surface area contributed by atoms with Gasteiger partial charge in [-0.15, -0.1) is 11.8 Å². The normalized spacial score (nSPS) is 14.1. The lowest BCUT2D eigenvalue weighted by molar-refractivity contribution is -0.131. The molecule has 3 rings (SSSR count). The van der Waals surface area contributed by atoms with Gasteiger partial charge in [0.1, 0.15) is 11.5 Å². The Morgan fingerprint density at radius 3 is 2.00 bits per heavy atom. The monoisotopic (exact) mass is 386 g/mol. The number of benzene rings is 2. The fourth-order valence-electron chi connectivity index (χ4n) is 3.09. The van der Waals surface area contributed by atoms with Crippen LogP contribution in [0, 0.1) is 0 Å². The third-order valence-electron chi connectivity index (χ3n) is 4.71. The summed E-state index contributed by atoms with van der Waals surface area (Å²) >= 11 is 1.71. The summed E-state index contributed by atoms with van der Waals surface area (Å²) in [4.78, 5) is 17.9. The van der Waals surface area contributed by atoms with Crippen molar-refractivity contribution >= 4 is 23.4 Å². The van der Waals surface area contributed by atoms with Gasteiger partial charge in [-0.25, -0.2) is 0 Å². The van der Waals surface area contributed by atoms with E-state index in [4.69, 9.17) is 9.47 Å². The molecule has 0 spiro atoms. The Morgan fingerprint density at radius 1 is 0.889 bits per heavy atom. The molecule has 1 aliphatic rings. The summed E-state index contributed by atoms with van der Waals surface area (Å²) in [6.07, 6.45) is 0.569. The van der Waals surface area contributed by atoms with Crippen molar-refractivity contribution in [2.45, 2.75) is 11.3 Å². The molecule has 0 atom stereocenters. The Hall–Kier alpha value is -2.34. The third kappa shape index (κ3) is 5.32. The molecule has 2 aromatic rings. The summed E-state index contributed by atoms with van der Waals surface area (Å²) in [7, 11) is 3.33. The number of nitrogens with zero attached hydrogens (tertiary/aromatic N) is 2. The molecule has 0 radical (unpaired) electrons. The zero-order chi connectivity index (χ0) is 19.1. The van der Waals surface area contributed by atoms with Crippen LogP contribution in [0.1, 0.15) is 6.42 Å². The van der Waals surface area contributed by atoms with Crippen LogP contribution < -0.4 is 14.4 Å². The molecular formula is C21H26N2O3S. The molecule has 1 fully saturated rings. The number of ether oxygens (including phenoxy) is 2. The first-order valence-electron chi connectivity index (χ1n) is 9.13. The van der Waals surface area contributed by atoms with Crippen molar-refractivity contribution < 1.29 is 14.3 Å². The molecule has 2 aromatic carbocycles. The summed E-state index contributed by atoms with van der Waals surface area (Å²) in [6, 6.07) is 16.0. The van der Waals surface area contributed by atoms with E-state index >= 15 is 0 Å². The number of methoxy groups -OCH3 is 2. The largest absolute Gasteiger partial charge is 0.497 e. The van der Waals surface area contributed by atoms with Crippen LogP contribution in [0.2, 0.25) is 0 Å². The van der Waals surface area contributed by atoms with Crippen molar-refractivity contribution in [2.75, 3.05) is 51.1 Å². The molecule has 1 aliphatic heterocycles. The summed E-state index contributed by atoms with van der Waals surface area (Å²) in [5.41, 5.74) is 1.18. The lowest BCUT2D eigenvalue weighted by Gasteiger charge is -2.36. The maximum absolute atomic E-state index is 12.5. The van der Waals surface area contributed by atoms with Gasteiger partial charge in [-0.1, -0.05) is 0 Å². The first kappa shape index (κ1) is 19.4. The first-order chi connectivity index (χ1) is 13.2. The first-order valence-corrected chi connectivity index (χ1v) is 10.1. The topological polar surface area (TPSA) is 42.0 Å². The van der Waals surface area contributed by atoms with Crippen LogP contribution in [0.25, 0.3) is 0 Å². The third-order valence-corrected chi connectivity index (χ3v) is 5.73. The number of rotatable bonds is 7. The molecule has 1 saturated heterocycles. The van der Waals surface area contributed by atoms with Crippen LogP contribution in [0.5, 0.6) is 11.5 Å². The van der Waals surface area contributed by atoms with E-state index in [0.29, 0.717) is 6.42 Å². The zero-order valence-electron chi connectivity index (χ0n) is 15.9. The number of hydrogen-bond acceptors (Lipinski definition) is 5. The molecule has 0 N–H and O–H groups in total. The van der Waals surface area contributed by atoms with E-state index in [1.165, 1.54) is 5.69 Å². The van der Waals surface area contributed by atoms with Crippen molar-refractivity contribution in [3.8, 4) is 11.5 Å². The minimum atomic E-state index is 0.241. The van der Waals surface area contributed by atoms with Gasteiger partial charge in [-0.05, 0) is 48.5 Å². The van der Waals surface area contributed by atoms with Gasteiger partial charge in [-0.3, -0.25) is 4.79 Å². The standard InChI is InChI=1S/C21H26N2O3S/c1-25-18-5-3-17(4-6-18)22-12-14-23(15-13-22)21(24)11-16-27-20-9-7-19(26-2)8-10-20/h3-10H,11-16H2,1-2H3. The Labute approximate surface area is 165 Å². The fraction of sp³-hybridized carbons (Fsp3) is 0.381. The van der Waals surface area contributed by atoms with Crippen LogP contribution in [0.3, 0.4) is 0 Å². The Bertz CT molecular complexity index is 726. The lowest BCUT2D eigenvalue weighted by Crippen LogP contribution is -2.48. The summed E-state index contributed by atoms with van der Waals surface area (Å²) in [5, 5.41) is 0. The molecule has 5 nitrogen and oxygen atoms in total. The van der Waals surface area contributed by atoms with Crippen LogP contribution in [0.4, 0.5) is 5.69 Å². The molecule has 0 saturated carbocycles. The van der Waals surface area contributed by atoms with Gasteiger partial charge in [0.05, 0.1) is 14.2 Å². The molecule has 0 aliphatic carbocycles. The summed E-state index contributed by atoms with van der Waals surface area (Å²) < 4.78 is 10.4. The van der Waals surface area contributed by atoms with Gasteiger partial charge in [0, 0.05) is 48.9 Å². The van der Waals surface area contributed by atoms with E-state index < -0.39 is 0 Å². The van der Waals surface area contributed by atoms with Crippen LogP contribution in [-0.4, -0.2) is 57.0 Å². The van der Waals surface area contributed by atoms with Crippen molar-refractivity contribution in [1.82, 2.24) is 4.90 Å². The van der Waals surface area contributed by atoms with Crippen molar-refractivity contribution in [3.63, 3.8) is 0 Å². The number of amides is 1. The lowest BCUT2D eigenvalue weighted by atomic mass is 10.2. The van der Waals surface area contributed by atoms with Crippen LogP contribution >= 0.6 is 11.8 Å². The van der Waals surface area contributed by atoms with E-state index in [2.05, 4.69) is 17.0 Å². The highest BCUT2D eigenvalue weighted by molar-refractivity contribution is 7.99. The average molecular weight is 387 g/mol. The van der Waals surface area contributed by atoms with Gasteiger partial charge in [0.25, 0.3) is 0 Å².